The van der Waals surface area contributed by atoms with E-state index in [0.29, 0.717) is 12.8 Å². The zero-order valence-corrected chi connectivity index (χ0v) is 20.2. The van der Waals surface area contributed by atoms with Crippen LogP contribution in [0.1, 0.15) is 24.5 Å². The van der Waals surface area contributed by atoms with Crippen LogP contribution in [0.4, 0.5) is 4.79 Å². The number of aliphatic hydroxyl groups is 1. The summed E-state index contributed by atoms with van der Waals surface area (Å²) in [5.74, 6) is -0.196. The summed E-state index contributed by atoms with van der Waals surface area (Å²) in [6, 6.07) is 7.96. The van der Waals surface area contributed by atoms with Gasteiger partial charge in [-0.1, -0.05) is 30.3 Å². The number of methoxy groups -OCH3 is 1. The average molecular weight is 372 g/mol. The standard InChI is InChI=1S/C14H18O3.CH2O3.2K/c1-11(8-9-15)13-5-3-4-12(10-13)6-7-14(16)17-2;2-1(3)4;;/h3-5,8,10,15H,6-7,9H2,1-2H3;(H2,2,3,4);;/q;;2*+1/p-2/b11-8+;;;. The second-order valence-corrected chi connectivity index (χ2v) is 4.10. The van der Waals surface area contributed by atoms with Gasteiger partial charge in [0.15, 0.2) is 0 Å². The number of carboxylic acid groups (broad SMARTS) is 2. The SMILES string of the molecule is COC(=O)CCc1cccc(/C(C)=C/CO)c1.O=C([O-])[O-].[K+].[K+]. The van der Waals surface area contributed by atoms with Gasteiger partial charge in [-0.25, -0.2) is 0 Å². The van der Waals surface area contributed by atoms with E-state index in [0.717, 1.165) is 16.7 Å². The van der Waals surface area contributed by atoms with Crippen LogP contribution < -0.4 is 113 Å². The van der Waals surface area contributed by atoms with Gasteiger partial charge < -0.3 is 24.9 Å². The van der Waals surface area contributed by atoms with Crippen molar-refractivity contribution < 1.29 is 132 Å². The second-order valence-electron chi connectivity index (χ2n) is 4.10. The Morgan fingerprint density at radius 2 is 1.83 bits per heavy atom. The summed E-state index contributed by atoms with van der Waals surface area (Å²) in [6.45, 7) is 1.99. The van der Waals surface area contributed by atoms with E-state index in [9.17, 15) is 4.79 Å². The number of ether oxygens (including phenoxy) is 1. The number of aliphatic hydroxyl groups excluding tert-OH is 1. The first-order chi connectivity index (χ1) is 9.90. The average Bonchev–Trinajstić information content (AvgIpc) is 2.44. The molecule has 8 heteroatoms. The van der Waals surface area contributed by atoms with Crippen LogP contribution in [-0.4, -0.2) is 30.9 Å². The topological polar surface area (TPSA) is 110 Å². The van der Waals surface area contributed by atoms with E-state index in [4.69, 9.17) is 20.1 Å². The van der Waals surface area contributed by atoms with Gasteiger partial charge in [-0.15, -0.1) is 0 Å². The van der Waals surface area contributed by atoms with Crippen LogP contribution in [-0.2, 0) is 16.0 Å². The molecule has 1 aromatic rings. The Bertz CT molecular complexity index is 498. The Morgan fingerprint density at radius 3 is 2.30 bits per heavy atom. The maximum atomic E-state index is 11.0. The zero-order chi connectivity index (χ0) is 16.3. The Labute approximate surface area is 221 Å². The van der Waals surface area contributed by atoms with E-state index in [2.05, 4.69) is 4.74 Å². The molecule has 0 saturated heterocycles. The fourth-order valence-electron chi connectivity index (χ4n) is 1.58. The molecule has 0 atom stereocenters. The van der Waals surface area contributed by atoms with E-state index < -0.39 is 6.16 Å². The van der Waals surface area contributed by atoms with Crippen LogP contribution in [0.15, 0.2) is 30.3 Å². The number of benzene rings is 1. The predicted octanol–water partition coefficient (Wildman–Crippen LogP) is -6.25. The van der Waals surface area contributed by atoms with Gasteiger partial charge in [0.2, 0.25) is 0 Å². The number of carbonyl (C=O) groups is 2. The molecule has 1 rings (SSSR count). The van der Waals surface area contributed by atoms with Gasteiger partial charge in [0.1, 0.15) is 0 Å². The normalized spacial score (nSPS) is 9.43. The van der Waals surface area contributed by atoms with E-state index in [1.54, 1.807) is 6.08 Å². The molecule has 0 radical (unpaired) electrons. The molecule has 0 saturated carbocycles. The smallest absolute Gasteiger partial charge is 0.652 e. The van der Waals surface area contributed by atoms with Crippen molar-refractivity contribution in [2.75, 3.05) is 13.7 Å². The van der Waals surface area contributed by atoms with Crippen LogP contribution in [0.5, 0.6) is 0 Å². The van der Waals surface area contributed by atoms with Crippen molar-refractivity contribution in [3.05, 3.63) is 41.5 Å². The third-order valence-corrected chi connectivity index (χ3v) is 2.63. The minimum Gasteiger partial charge on any atom is -0.652 e. The molecule has 0 heterocycles. The number of esters is 1. The number of aryl methyl sites for hydroxylation is 1. The summed E-state index contributed by atoms with van der Waals surface area (Å²) in [6.07, 6.45) is 0.495. The van der Waals surface area contributed by atoms with E-state index >= 15 is 0 Å². The van der Waals surface area contributed by atoms with Gasteiger partial charge in [-0.3, -0.25) is 4.79 Å². The molecular formula is C15H18K2O6. The van der Waals surface area contributed by atoms with Gasteiger partial charge in [0, 0.05) is 6.42 Å². The van der Waals surface area contributed by atoms with Crippen molar-refractivity contribution in [3.8, 4) is 0 Å². The molecule has 1 aromatic carbocycles. The number of carbonyl (C=O) groups excluding carboxylic acids is 2. The Hall–Kier alpha value is 0.933. The van der Waals surface area contributed by atoms with Crippen molar-refractivity contribution >= 4 is 17.7 Å². The Balaban J connectivity index is -0.000000598. The van der Waals surface area contributed by atoms with Crippen molar-refractivity contribution in [3.63, 3.8) is 0 Å². The fraction of sp³-hybridized carbons (Fsp3) is 0.333. The Morgan fingerprint density at radius 1 is 1.26 bits per heavy atom. The molecule has 23 heavy (non-hydrogen) atoms. The predicted molar refractivity (Wildman–Crippen MR) is 72.9 cm³/mol. The Kier molecular flexibility index (Phi) is 22.2. The molecule has 0 bridgehead atoms. The molecule has 0 aromatic heterocycles. The number of hydrogen-bond acceptors (Lipinski definition) is 6. The van der Waals surface area contributed by atoms with Gasteiger partial charge in [-0.05, 0) is 36.2 Å². The third-order valence-electron chi connectivity index (χ3n) is 2.63. The molecule has 0 fully saturated rings. The van der Waals surface area contributed by atoms with Gasteiger partial charge in [0.05, 0.1) is 13.7 Å². The summed E-state index contributed by atoms with van der Waals surface area (Å²) in [7, 11) is 1.40. The molecule has 1 N–H and O–H groups in total. The van der Waals surface area contributed by atoms with Gasteiger partial charge >= 0.3 is 109 Å². The first-order valence-corrected chi connectivity index (χ1v) is 6.22. The summed E-state index contributed by atoms with van der Waals surface area (Å²) < 4.78 is 4.60. The number of rotatable bonds is 5. The van der Waals surface area contributed by atoms with Crippen LogP contribution in [0.3, 0.4) is 0 Å². The molecule has 0 aliphatic rings. The number of allylic oxidation sites excluding steroid dienone is 1. The molecule has 0 unspecified atom stereocenters. The fourth-order valence-corrected chi connectivity index (χ4v) is 1.58. The van der Waals surface area contributed by atoms with E-state index in [1.807, 2.05) is 31.2 Å². The second kappa shape index (κ2) is 17.7. The quantitative estimate of drug-likeness (QED) is 0.407. The molecule has 116 valence electrons. The van der Waals surface area contributed by atoms with Crippen LogP contribution in [0.2, 0.25) is 0 Å². The maximum Gasteiger partial charge on any atom is 1.00 e. The molecule has 6 nitrogen and oxygen atoms in total. The monoisotopic (exact) mass is 372 g/mol. The van der Waals surface area contributed by atoms with Crippen LogP contribution >= 0.6 is 0 Å². The zero-order valence-electron chi connectivity index (χ0n) is 14.0. The van der Waals surface area contributed by atoms with E-state index in [-0.39, 0.29) is 115 Å². The van der Waals surface area contributed by atoms with Gasteiger partial charge in [-0.2, -0.15) is 0 Å². The molecule has 0 aliphatic heterocycles. The van der Waals surface area contributed by atoms with Crippen molar-refractivity contribution in [2.45, 2.75) is 19.8 Å². The molecule has 0 aliphatic carbocycles. The number of hydrogen-bond donors (Lipinski definition) is 1. The minimum atomic E-state index is -2.33. The minimum absolute atomic E-state index is 0. The molecular weight excluding hydrogens is 354 g/mol. The first kappa shape index (κ1) is 28.7. The van der Waals surface area contributed by atoms with Gasteiger partial charge in [0.25, 0.3) is 0 Å². The van der Waals surface area contributed by atoms with Crippen molar-refractivity contribution in [1.29, 1.82) is 0 Å². The largest absolute Gasteiger partial charge is 1.00 e. The van der Waals surface area contributed by atoms with E-state index in [1.165, 1.54) is 7.11 Å². The summed E-state index contributed by atoms with van der Waals surface area (Å²) >= 11 is 0. The molecule has 0 amide bonds. The summed E-state index contributed by atoms with van der Waals surface area (Å²) in [4.78, 5) is 19.4. The molecule has 0 spiro atoms. The van der Waals surface area contributed by atoms with Crippen molar-refractivity contribution in [2.24, 2.45) is 0 Å². The van der Waals surface area contributed by atoms with Crippen molar-refractivity contribution in [1.82, 2.24) is 0 Å². The van der Waals surface area contributed by atoms with Crippen LogP contribution in [0, 0.1) is 0 Å². The maximum absolute atomic E-state index is 11.0. The third kappa shape index (κ3) is 16.2. The van der Waals surface area contributed by atoms with Crippen LogP contribution in [0.25, 0.3) is 5.57 Å². The summed E-state index contributed by atoms with van der Waals surface area (Å²) in [5.41, 5.74) is 3.20. The first-order valence-electron chi connectivity index (χ1n) is 6.22. The summed E-state index contributed by atoms with van der Waals surface area (Å²) in [5, 5.41) is 25.5.